The number of aromatic nitrogens is 1. The van der Waals surface area contributed by atoms with Gasteiger partial charge < -0.3 is 14.4 Å². The fourth-order valence-electron chi connectivity index (χ4n) is 2.06. The maximum absolute atomic E-state index is 5.69. The normalized spacial score (nSPS) is 25.6. The molecule has 1 aliphatic heterocycles. The number of pyridine rings is 1. The van der Waals surface area contributed by atoms with E-state index in [1.807, 2.05) is 18.2 Å². The van der Waals surface area contributed by atoms with Crippen LogP contribution in [0.15, 0.2) is 18.2 Å². The summed E-state index contributed by atoms with van der Waals surface area (Å²) in [4.78, 5) is 6.67. The molecule has 1 aliphatic rings. The van der Waals surface area contributed by atoms with Crippen molar-refractivity contribution < 1.29 is 9.47 Å². The summed E-state index contributed by atoms with van der Waals surface area (Å²) in [6, 6.07) is 5.83. The number of nitrogens with zero attached hydrogens (tertiary/aromatic N) is 2. The molecule has 0 aromatic carbocycles. The lowest BCUT2D eigenvalue weighted by molar-refractivity contribution is -0.00548. The summed E-state index contributed by atoms with van der Waals surface area (Å²) in [5, 5.41) is 0. The first kappa shape index (κ1) is 11.2. The molecule has 88 valence electrons. The minimum absolute atomic E-state index is 0.247. The Hall–Kier alpha value is -1.29. The van der Waals surface area contributed by atoms with Gasteiger partial charge >= 0.3 is 0 Å². The molecule has 2 rings (SSSR count). The van der Waals surface area contributed by atoms with Gasteiger partial charge in [0.2, 0.25) is 5.88 Å². The molecule has 0 aliphatic carbocycles. The van der Waals surface area contributed by atoms with Crippen LogP contribution in [0.3, 0.4) is 0 Å². The Kier molecular flexibility index (Phi) is 3.29. The van der Waals surface area contributed by atoms with Crippen molar-refractivity contribution in [1.82, 2.24) is 4.98 Å². The average molecular weight is 222 g/mol. The lowest BCUT2D eigenvalue weighted by Gasteiger charge is -2.36. The van der Waals surface area contributed by atoms with E-state index in [1.165, 1.54) is 0 Å². The predicted octanol–water partition coefficient (Wildman–Crippen LogP) is 1.70. The molecule has 1 aromatic rings. The van der Waals surface area contributed by atoms with Gasteiger partial charge in [-0.3, -0.25) is 0 Å². The summed E-state index contributed by atoms with van der Waals surface area (Å²) in [6.07, 6.45) is 0.494. The molecular weight excluding hydrogens is 204 g/mol. The summed E-state index contributed by atoms with van der Waals surface area (Å²) < 4.78 is 10.8. The van der Waals surface area contributed by atoms with Crippen LogP contribution in [-0.2, 0) is 4.74 Å². The molecule has 4 heteroatoms. The zero-order valence-corrected chi connectivity index (χ0v) is 10.0. The zero-order valence-electron chi connectivity index (χ0n) is 10.0. The molecule has 0 spiro atoms. The van der Waals surface area contributed by atoms with Gasteiger partial charge in [-0.2, -0.15) is 4.98 Å². The van der Waals surface area contributed by atoms with Crippen molar-refractivity contribution in [3.8, 4) is 5.88 Å². The molecule has 0 amide bonds. The quantitative estimate of drug-likeness (QED) is 0.763. The summed E-state index contributed by atoms with van der Waals surface area (Å²) in [5.74, 6) is 1.62. The van der Waals surface area contributed by atoms with Crippen LogP contribution in [0.25, 0.3) is 0 Å². The molecule has 2 atom stereocenters. The summed E-state index contributed by atoms with van der Waals surface area (Å²) in [7, 11) is 1.64. The first-order valence-electron chi connectivity index (χ1n) is 5.60. The smallest absolute Gasteiger partial charge is 0.214 e. The van der Waals surface area contributed by atoms with Crippen molar-refractivity contribution in [3.63, 3.8) is 0 Å². The molecular formula is C12H18N2O2. The van der Waals surface area contributed by atoms with Crippen LogP contribution in [-0.4, -0.2) is 37.4 Å². The molecule has 2 unspecified atom stereocenters. The van der Waals surface area contributed by atoms with Crippen LogP contribution in [0.1, 0.15) is 13.8 Å². The second-order valence-corrected chi connectivity index (χ2v) is 4.20. The Morgan fingerprint density at radius 3 is 2.62 bits per heavy atom. The number of morpholine rings is 1. The second kappa shape index (κ2) is 4.70. The van der Waals surface area contributed by atoms with Gasteiger partial charge in [0.15, 0.2) is 0 Å². The Balaban J connectivity index is 2.16. The zero-order chi connectivity index (χ0) is 11.5. The maximum atomic E-state index is 5.69. The third-order valence-electron chi connectivity index (χ3n) is 2.66. The van der Waals surface area contributed by atoms with E-state index in [0.717, 1.165) is 18.9 Å². The van der Waals surface area contributed by atoms with Gasteiger partial charge in [-0.15, -0.1) is 0 Å². The minimum atomic E-state index is 0.247. The highest BCUT2D eigenvalue weighted by molar-refractivity contribution is 5.41. The molecule has 1 aromatic heterocycles. The summed E-state index contributed by atoms with van der Waals surface area (Å²) in [6.45, 7) is 5.93. The molecule has 4 nitrogen and oxygen atoms in total. The molecule has 0 radical (unpaired) electrons. The van der Waals surface area contributed by atoms with Crippen molar-refractivity contribution in [3.05, 3.63) is 18.2 Å². The lowest BCUT2D eigenvalue weighted by atomic mass is 10.2. The number of methoxy groups -OCH3 is 1. The number of rotatable bonds is 2. The van der Waals surface area contributed by atoms with Crippen molar-refractivity contribution >= 4 is 5.82 Å². The molecule has 1 fully saturated rings. The summed E-state index contributed by atoms with van der Waals surface area (Å²) in [5.41, 5.74) is 0. The van der Waals surface area contributed by atoms with Crippen molar-refractivity contribution in [2.45, 2.75) is 26.1 Å². The van der Waals surface area contributed by atoms with E-state index >= 15 is 0 Å². The highest BCUT2D eigenvalue weighted by Crippen LogP contribution is 2.20. The van der Waals surface area contributed by atoms with Crippen LogP contribution in [0, 0.1) is 0 Å². The van der Waals surface area contributed by atoms with Gasteiger partial charge in [-0.05, 0) is 19.9 Å². The third kappa shape index (κ3) is 2.44. The van der Waals surface area contributed by atoms with Crippen molar-refractivity contribution in [2.24, 2.45) is 0 Å². The standard InChI is InChI=1S/C12H18N2O2/c1-9-7-14(8-10(2)16-9)11-5-4-6-12(13-11)15-3/h4-6,9-10H,7-8H2,1-3H3. The fraction of sp³-hybridized carbons (Fsp3) is 0.583. The Labute approximate surface area is 96.2 Å². The van der Waals surface area contributed by atoms with E-state index in [9.17, 15) is 0 Å². The van der Waals surface area contributed by atoms with Crippen molar-refractivity contribution in [2.75, 3.05) is 25.1 Å². The Morgan fingerprint density at radius 2 is 2.00 bits per heavy atom. The number of anilines is 1. The van der Waals surface area contributed by atoms with E-state index in [4.69, 9.17) is 9.47 Å². The van der Waals surface area contributed by atoms with Crippen LogP contribution in [0.2, 0.25) is 0 Å². The van der Waals surface area contributed by atoms with Gasteiger partial charge in [0.05, 0.1) is 19.3 Å². The van der Waals surface area contributed by atoms with E-state index < -0.39 is 0 Å². The highest BCUT2D eigenvalue weighted by atomic mass is 16.5. The molecule has 0 bridgehead atoms. The third-order valence-corrected chi connectivity index (χ3v) is 2.66. The molecule has 2 heterocycles. The van der Waals surface area contributed by atoms with Crippen molar-refractivity contribution in [1.29, 1.82) is 0 Å². The van der Waals surface area contributed by atoms with Crippen LogP contribution >= 0.6 is 0 Å². The monoisotopic (exact) mass is 222 g/mol. The predicted molar refractivity (Wildman–Crippen MR) is 63.0 cm³/mol. The van der Waals surface area contributed by atoms with Gasteiger partial charge in [0, 0.05) is 19.2 Å². The molecule has 16 heavy (non-hydrogen) atoms. The lowest BCUT2D eigenvalue weighted by Crippen LogP contribution is -2.45. The first-order valence-corrected chi connectivity index (χ1v) is 5.60. The van der Waals surface area contributed by atoms with E-state index in [1.54, 1.807) is 7.11 Å². The fourth-order valence-corrected chi connectivity index (χ4v) is 2.06. The van der Waals surface area contributed by atoms with Crippen LogP contribution in [0.4, 0.5) is 5.82 Å². The Morgan fingerprint density at radius 1 is 1.31 bits per heavy atom. The van der Waals surface area contributed by atoms with Gasteiger partial charge in [-0.25, -0.2) is 0 Å². The van der Waals surface area contributed by atoms with Crippen LogP contribution in [0.5, 0.6) is 5.88 Å². The van der Waals surface area contributed by atoms with Gasteiger partial charge in [0.1, 0.15) is 5.82 Å². The molecule has 0 N–H and O–H groups in total. The number of hydrogen-bond acceptors (Lipinski definition) is 4. The second-order valence-electron chi connectivity index (χ2n) is 4.20. The molecule has 0 saturated carbocycles. The highest BCUT2D eigenvalue weighted by Gasteiger charge is 2.23. The SMILES string of the molecule is COc1cccc(N2CC(C)OC(C)C2)n1. The number of hydrogen-bond donors (Lipinski definition) is 0. The average Bonchev–Trinajstić information content (AvgIpc) is 2.28. The number of ether oxygens (including phenoxy) is 2. The van der Waals surface area contributed by atoms with E-state index in [-0.39, 0.29) is 12.2 Å². The topological polar surface area (TPSA) is 34.6 Å². The minimum Gasteiger partial charge on any atom is -0.481 e. The van der Waals surface area contributed by atoms with Gasteiger partial charge in [0.25, 0.3) is 0 Å². The van der Waals surface area contributed by atoms with E-state index in [2.05, 4.69) is 23.7 Å². The largest absolute Gasteiger partial charge is 0.481 e. The maximum Gasteiger partial charge on any atom is 0.214 e. The first-order chi connectivity index (χ1) is 7.69. The van der Waals surface area contributed by atoms with E-state index in [0.29, 0.717) is 5.88 Å². The van der Waals surface area contributed by atoms with Gasteiger partial charge in [-0.1, -0.05) is 6.07 Å². The van der Waals surface area contributed by atoms with Crippen LogP contribution < -0.4 is 9.64 Å². The molecule has 1 saturated heterocycles. The summed E-state index contributed by atoms with van der Waals surface area (Å²) >= 11 is 0. The Bertz CT molecular complexity index is 347.